The molecule has 0 atom stereocenters. The van der Waals surface area contributed by atoms with E-state index >= 15 is 0 Å². The lowest BCUT2D eigenvalue weighted by molar-refractivity contribution is 0.420. The van der Waals surface area contributed by atoms with Crippen molar-refractivity contribution in [2.75, 3.05) is 0 Å². The molecule has 0 aliphatic carbocycles. The van der Waals surface area contributed by atoms with Gasteiger partial charge in [-0.25, -0.2) is 4.57 Å². The first-order valence-electron chi connectivity index (χ1n) is 8.07. The van der Waals surface area contributed by atoms with Crippen LogP contribution in [0.15, 0.2) is 36.4 Å². The van der Waals surface area contributed by atoms with Crippen LogP contribution in [-0.2, 0) is 11.2 Å². The lowest BCUT2D eigenvalue weighted by atomic mass is 9.98. The van der Waals surface area contributed by atoms with Gasteiger partial charge in [-0.05, 0) is 35.2 Å². The van der Waals surface area contributed by atoms with E-state index in [0.29, 0.717) is 16.8 Å². The van der Waals surface area contributed by atoms with E-state index in [0.717, 1.165) is 5.56 Å². The molecule has 0 saturated heterocycles. The average Bonchev–Trinajstić information content (AvgIpc) is 2.97. The minimum absolute atomic E-state index is 0.00833. The Morgan fingerprint density at radius 2 is 1.73 bits per heavy atom. The molecule has 1 radical (unpaired) electrons. The highest BCUT2D eigenvalue weighted by molar-refractivity contribution is 5.69. The second-order valence-electron chi connectivity index (χ2n) is 6.23. The molecule has 3 rings (SSSR count). The Labute approximate surface area is 150 Å². The minimum Gasteiger partial charge on any atom is -0.508 e. The molecule has 1 aromatic heterocycles. The van der Waals surface area contributed by atoms with Crippen LogP contribution in [0.25, 0.3) is 17.1 Å². The molecule has 0 amide bonds. The van der Waals surface area contributed by atoms with Crippen LogP contribution in [0.3, 0.4) is 0 Å². The van der Waals surface area contributed by atoms with E-state index in [2.05, 4.69) is 10.2 Å². The molecule has 3 aromatic rings. The van der Waals surface area contributed by atoms with Crippen molar-refractivity contribution in [1.82, 2.24) is 14.8 Å². The molecule has 0 aliphatic heterocycles. The molecule has 0 saturated carbocycles. The molecule has 0 fully saturated rings. The average molecular weight is 352 g/mol. The maximum absolute atomic E-state index is 10.5. The van der Waals surface area contributed by atoms with Crippen molar-refractivity contribution >= 4 is 6.29 Å². The maximum Gasteiger partial charge on any atom is 0.319 e. The first-order chi connectivity index (χ1) is 12.4. The van der Waals surface area contributed by atoms with E-state index in [-0.39, 0.29) is 35.7 Å². The molecule has 2 aromatic carbocycles. The number of benzene rings is 2. The van der Waals surface area contributed by atoms with Gasteiger partial charge in [0.1, 0.15) is 11.5 Å². The predicted octanol–water partition coefficient (Wildman–Crippen LogP) is 2.83. The number of phenolic OH excluding ortho intramolecular Hbond substituents is 2. The quantitative estimate of drug-likeness (QED) is 0.651. The van der Waals surface area contributed by atoms with Crippen molar-refractivity contribution in [2.45, 2.75) is 26.2 Å². The van der Waals surface area contributed by atoms with Crippen LogP contribution in [0.4, 0.5) is 0 Å². The lowest BCUT2D eigenvalue weighted by Crippen LogP contribution is -1.99. The van der Waals surface area contributed by atoms with Gasteiger partial charge in [-0.15, -0.1) is 5.10 Å². The summed E-state index contributed by atoms with van der Waals surface area (Å²) in [5, 5.41) is 38.1. The van der Waals surface area contributed by atoms with Crippen molar-refractivity contribution in [2.24, 2.45) is 0 Å². The Morgan fingerprint density at radius 3 is 2.35 bits per heavy atom. The normalized spacial score (nSPS) is 11.0. The fourth-order valence-electron chi connectivity index (χ4n) is 2.77. The van der Waals surface area contributed by atoms with Gasteiger partial charge in [0.05, 0.1) is 11.3 Å². The van der Waals surface area contributed by atoms with Gasteiger partial charge in [-0.2, -0.15) is 0 Å². The van der Waals surface area contributed by atoms with E-state index in [1.165, 1.54) is 10.6 Å². The van der Waals surface area contributed by atoms with Gasteiger partial charge in [0.15, 0.2) is 5.82 Å². The summed E-state index contributed by atoms with van der Waals surface area (Å²) in [5.74, 6) is 0.0773. The summed E-state index contributed by atoms with van der Waals surface area (Å²) in [6.45, 7) is 3.84. The molecule has 7 nitrogen and oxygen atoms in total. The third kappa shape index (κ3) is 3.11. The zero-order valence-electron chi connectivity index (χ0n) is 14.3. The number of aromatic hydroxyl groups is 3. The molecule has 7 heteroatoms. The number of hydrogen-bond acceptors (Lipinski definition) is 6. The van der Waals surface area contributed by atoms with Crippen molar-refractivity contribution in [3.63, 3.8) is 0 Å². The molecule has 1 heterocycles. The van der Waals surface area contributed by atoms with Gasteiger partial charge < -0.3 is 15.3 Å². The highest BCUT2D eigenvalue weighted by atomic mass is 16.3. The Kier molecular flexibility index (Phi) is 4.62. The van der Waals surface area contributed by atoms with Gasteiger partial charge >= 0.3 is 6.01 Å². The number of rotatable bonds is 5. The Balaban J connectivity index is 2.14. The van der Waals surface area contributed by atoms with Crippen molar-refractivity contribution < 1.29 is 20.1 Å². The largest absolute Gasteiger partial charge is 0.508 e. The molecule has 133 valence electrons. The number of hydrogen-bond donors (Lipinski definition) is 3. The smallest absolute Gasteiger partial charge is 0.319 e. The van der Waals surface area contributed by atoms with Crippen LogP contribution >= 0.6 is 0 Å². The predicted molar refractivity (Wildman–Crippen MR) is 95.3 cm³/mol. The van der Waals surface area contributed by atoms with Crippen LogP contribution in [0, 0.1) is 0 Å². The Hall–Kier alpha value is -3.35. The van der Waals surface area contributed by atoms with Crippen molar-refractivity contribution in [3.8, 4) is 34.6 Å². The standard InChI is InChI=1S/C19H18N3O4/c1-11(2)14-9-15(17(25)10-16(14)24)18-20-21-19(26)22(18)13-5-3-12(4-6-13)7-8-23/h3-6,9-11,24-25H,7H2,1-2H3,(H,21,26). The number of nitrogens with zero attached hydrogens (tertiary/aromatic N) is 3. The molecule has 0 spiro atoms. The summed E-state index contributed by atoms with van der Waals surface area (Å²) < 4.78 is 1.38. The second-order valence-corrected chi connectivity index (χ2v) is 6.23. The zero-order chi connectivity index (χ0) is 18.8. The zero-order valence-corrected chi connectivity index (χ0v) is 14.3. The van der Waals surface area contributed by atoms with Crippen LogP contribution in [0.2, 0.25) is 0 Å². The van der Waals surface area contributed by atoms with Crippen LogP contribution in [-0.4, -0.2) is 36.4 Å². The summed E-state index contributed by atoms with van der Waals surface area (Å²) in [5.41, 5.74) is 2.33. The minimum atomic E-state index is -0.340. The molecule has 0 bridgehead atoms. The van der Waals surface area contributed by atoms with Gasteiger partial charge in [0.25, 0.3) is 0 Å². The third-order valence-electron chi connectivity index (χ3n) is 4.12. The molecular formula is C19H18N3O4. The topological polar surface area (TPSA) is 108 Å². The summed E-state index contributed by atoms with van der Waals surface area (Å²) in [6, 6.07) is 9.43. The third-order valence-corrected chi connectivity index (χ3v) is 4.12. The highest BCUT2D eigenvalue weighted by Gasteiger charge is 2.20. The van der Waals surface area contributed by atoms with Gasteiger partial charge in [-0.1, -0.05) is 31.1 Å². The van der Waals surface area contributed by atoms with Crippen molar-refractivity contribution in [1.29, 1.82) is 0 Å². The second kappa shape index (κ2) is 6.87. The number of phenols is 2. The lowest BCUT2D eigenvalue weighted by Gasteiger charge is -2.13. The van der Waals surface area contributed by atoms with E-state index in [1.54, 1.807) is 30.3 Å². The molecule has 0 aliphatic rings. The first-order valence-corrected chi connectivity index (χ1v) is 8.07. The van der Waals surface area contributed by atoms with Gasteiger partial charge in [0.2, 0.25) is 6.29 Å². The Morgan fingerprint density at radius 1 is 1.04 bits per heavy atom. The fraction of sp³-hybridized carbons (Fsp3) is 0.211. The first kappa shape index (κ1) is 17.5. The van der Waals surface area contributed by atoms with Gasteiger partial charge in [0, 0.05) is 12.5 Å². The molecule has 0 unspecified atom stereocenters. The van der Waals surface area contributed by atoms with E-state index in [1.807, 2.05) is 20.1 Å². The van der Waals surface area contributed by atoms with Crippen LogP contribution in [0.5, 0.6) is 17.5 Å². The monoisotopic (exact) mass is 352 g/mol. The summed E-state index contributed by atoms with van der Waals surface area (Å²) >= 11 is 0. The summed E-state index contributed by atoms with van der Waals surface area (Å²) in [7, 11) is 0. The number of aromatic nitrogens is 3. The van der Waals surface area contributed by atoms with E-state index < -0.39 is 0 Å². The number of carbonyl (C=O) groups excluding carboxylic acids is 1. The highest BCUT2D eigenvalue weighted by Crippen LogP contribution is 2.38. The van der Waals surface area contributed by atoms with E-state index in [4.69, 9.17) is 0 Å². The van der Waals surface area contributed by atoms with Crippen molar-refractivity contribution in [3.05, 3.63) is 47.5 Å². The fourth-order valence-corrected chi connectivity index (χ4v) is 2.77. The van der Waals surface area contributed by atoms with Gasteiger partial charge in [-0.3, -0.25) is 4.79 Å². The SMILES string of the molecule is CC(C)c1cc(-c2nnc(O)n2-c2ccc(C[C]=O)cc2)c(O)cc1O. The summed E-state index contributed by atoms with van der Waals surface area (Å²) in [6.07, 6.45) is 2.01. The van der Waals surface area contributed by atoms with E-state index in [9.17, 15) is 20.1 Å². The molecule has 3 N–H and O–H groups in total. The molecular weight excluding hydrogens is 334 g/mol. The van der Waals surface area contributed by atoms with Crippen LogP contribution < -0.4 is 0 Å². The molecule has 26 heavy (non-hydrogen) atoms. The Bertz CT molecular complexity index is 946. The van der Waals surface area contributed by atoms with Crippen LogP contribution in [0.1, 0.15) is 30.9 Å². The maximum atomic E-state index is 10.5. The summed E-state index contributed by atoms with van der Waals surface area (Å²) in [4.78, 5) is 10.5.